The van der Waals surface area contributed by atoms with Crippen LogP contribution in [-0.2, 0) is 0 Å². The number of furan rings is 1. The second kappa shape index (κ2) is 4.80. The van der Waals surface area contributed by atoms with Gasteiger partial charge < -0.3 is 14.6 Å². The number of halogens is 1. The predicted octanol–water partition coefficient (Wildman–Crippen LogP) is 1.79. The molecule has 1 N–H and O–H groups in total. The summed E-state index contributed by atoms with van der Waals surface area (Å²) in [5.41, 5.74) is 0.589. The zero-order valence-electron chi connectivity index (χ0n) is 11.5. The summed E-state index contributed by atoms with van der Waals surface area (Å²) in [4.78, 5) is 18.8. The molecular weight excluding hydrogens is 273 g/mol. The van der Waals surface area contributed by atoms with Crippen LogP contribution in [0.25, 0.3) is 11.0 Å². The van der Waals surface area contributed by atoms with Gasteiger partial charge in [0.05, 0.1) is 11.6 Å². The number of amides is 1. The van der Waals surface area contributed by atoms with Crippen LogP contribution in [0.4, 0.5) is 4.39 Å². The fourth-order valence-corrected chi connectivity index (χ4v) is 3.40. The maximum atomic E-state index is 13.5. The van der Waals surface area contributed by atoms with Crippen molar-refractivity contribution < 1.29 is 13.6 Å². The van der Waals surface area contributed by atoms with Crippen LogP contribution in [-0.4, -0.2) is 41.5 Å². The lowest BCUT2D eigenvalue weighted by Crippen LogP contribution is -2.57. The van der Waals surface area contributed by atoms with Gasteiger partial charge in [0.2, 0.25) is 0 Å². The molecule has 3 aliphatic heterocycles. The minimum absolute atomic E-state index is 0.173. The van der Waals surface area contributed by atoms with Crippen LogP contribution >= 0.6 is 0 Å². The molecule has 5 heterocycles. The van der Waals surface area contributed by atoms with E-state index in [2.05, 4.69) is 15.2 Å². The highest BCUT2D eigenvalue weighted by Crippen LogP contribution is 2.27. The van der Waals surface area contributed by atoms with E-state index in [0.717, 1.165) is 38.7 Å². The van der Waals surface area contributed by atoms with Gasteiger partial charge in [-0.1, -0.05) is 0 Å². The SMILES string of the molecule is O=C(NC1CN2CCC1CC2)c1cc2c(F)coc2cn1. The van der Waals surface area contributed by atoms with Crippen LogP contribution in [0.2, 0.25) is 0 Å². The molecule has 2 bridgehead atoms. The van der Waals surface area contributed by atoms with E-state index in [9.17, 15) is 9.18 Å². The Morgan fingerprint density at radius 1 is 1.43 bits per heavy atom. The Labute approximate surface area is 121 Å². The van der Waals surface area contributed by atoms with Crippen LogP contribution in [0.5, 0.6) is 0 Å². The summed E-state index contributed by atoms with van der Waals surface area (Å²) >= 11 is 0. The van der Waals surface area contributed by atoms with Gasteiger partial charge in [0.15, 0.2) is 11.4 Å². The molecule has 2 aromatic heterocycles. The minimum Gasteiger partial charge on any atom is -0.460 e. The monoisotopic (exact) mass is 289 g/mol. The summed E-state index contributed by atoms with van der Waals surface area (Å²) in [6, 6.07) is 1.62. The van der Waals surface area contributed by atoms with Crippen LogP contribution < -0.4 is 5.32 Å². The lowest BCUT2D eigenvalue weighted by Gasteiger charge is -2.44. The Morgan fingerprint density at radius 3 is 2.95 bits per heavy atom. The molecule has 5 rings (SSSR count). The quantitative estimate of drug-likeness (QED) is 0.915. The molecule has 0 saturated carbocycles. The number of nitrogens with one attached hydrogen (secondary N) is 1. The highest BCUT2D eigenvalue weighted by Gasteiger charge is 2.35. The first-order valence-corrected chi connectivity index (χ1v) is 7.26. The van der Waals surface area contributed by atoms with Crippen molar-refractivity contribution in [1.82, 2.24) is 15.2 Å². The van der Waals surface area contributed by atoms with Gasteiger partial charge >= 0.3 is 0 Å². The van der Waals surface area contributed by atoms with Gasteiger partial charge in [-0.15, -0.1) is 0 Å². The molecule has 2 aromatic rings. The Balaban J connectivity index is 1.54. The van der Waals surface area contributed by atoms with Crippen LogP contribution in [0.1, 0.15) is 23.3 Å². The van der Waals surface area contributed by atoms with E-state index in [4.69, 9.17) is 4.42 Å². The topological polar surface area (TPSA) is 58.4 Å². The first-order valence-electron chi connectivity index (χ1n) is 7.26. The van der Waals surface area contributed by atoms with E-state index in [0.29, 0.717) is 16.9 Å². The van der Waals surface area contributed by atoms with Crippen LogP contribution in [0, 0.1) is 11.7 Å². The molecule has 21 heavy (non-hydrogen) atoms. The number of fused-ring (bicyclic) bond motifs is 4. The summed E-state index contributed by atoms with van der Waals surface area (Å²) in [6.07, 6.45) is 4.69. The zero-order valence-corrected chi connectivity index (χ0v) is 11.5. The normalized spacial score (nSPS) is 28.0. The smallest absolute Gasteiger partial charge is 0.270 e. The fraction of sp³-hybridized carbons (Fsp3) is 0.467. The zero-order chi connectivity index (χ0) is 14.4. The average molecular weight is 289 g/mol. The minimum atomic E-state index is -0.468. The molecule has 1 amide bonds. The molecule has 5 nitrogen and oxygen atoms in total. The summed E-state index contributed by atoms with van der Waals surface area (Å²) < 4.78 is 18.5. The number of hydrogen-bond donors (Lipinski definition) is 1. The molecule has 3 fully saturated rings. The van der Waals surface area contributed by atoms with E-state index >= 15 is 0 Å². The first-order chi connectivity index (χ1) is 10.2. The largest absolute Gasteiger partial charge is 0.460 e. The molecule has 0 aromatic carbocycles. The van der Waals surface area contributed by atoms with E-state index < -0.39 is 5.82 Å². The average Bonchev–Trinajstić information content (AvgIpc) is 2.89. The Kier molecular flexibility index (Phi) is 2.92. The third kappa shape index (κ3) is 2.19. The van der Waals surface area contributed by atoms with E-state index in [-0.39, 0.29) is 17.6 Å². The molecule has 110 valence electrons. The Hall–Kier alpha value is -1.95. The van der Waals surface area contributed by atoms with Crippen molar-refractivity contribution >= 4 is 16.9 Å². The van der Waals surface area contributed by atoms with Crippen LogP contribution in [0.15, 0.2) is 22.9 Å². The van der Waals surface area contributed by atoms with Crippen molar-refractivity contribution in [3.63, 3.8) is 0 Å². The summed E-state index contributed by atoms with van der Waals surface area (Å²) in [6.45, 7) is 3.15. The molecule has 1 atom stereocenters. The lowest BCUT2D eigenvalue weighted by molar-refractivity contribution is 0.0618. The first kappa shape index (κ1) is 12.8. The van der Waals surface area contributed by atoms with Gasteiger partial charge in [-0.2, -0.15) is 0 Å². The number of piperidine rings is 3. The molecule has 1 unspecified atom stereocenters. The van der Waals surface area contributed by atoms with Crippen molar-refractivity contribution in [2.45, 2.75) is 18.9 Å². The van der Waals surface area contributed by atoms with Gasteiger partial charge in [-0.3, -0.25) is 4.79 Å². The number of nitrogens with zero attached hydrogens (tertiary/aromatic N) is 2. The summed E-state index contributed by atoms with van der Waals surface area (Å²) in [5, 5.41) is 3.34. The second-order valence-corrected chi connectivity index (χ2v) is 5.87. The van der Waals surface area contributed by atoms with Crippen molar-refractivity contribution in [2.75, 3.05) is 19.6 Å². The molecular formula is C15H16FN3O2. The number of aromatic nitrogens is 1. The molecule has 6 heteroatoms. The van der Waals surface area contributed by atoms with Crippen molar-refractivity contribution in [2.24, 2.45) is 5.92 Å². The fourth-order valence-electron chi connectivity index (χ4n) is 3.40. The summed E-state index contributed by atoms with van der Waals surface area (Å²) in [5.74, 6) is -0.158. The standard InChI is InChI=1S/C15H16FN3O2/c16-11-8-21-14-6-17-12(5-10(11)14)15(20)18-13-7-19-3-1-9(13)2-4-19/h5-6,8-9,13H,1-4,7H2,(H,18,20). The number of carbonyl (C=O) groups excluding carboxylic acids is 1. The number of pyridine rings is 1. The van der Waals surface area contributed by atoms with E-state index in [1.807, 2.05) is 0 Å². The van der Waals surface area contributed by atoms with Crippen molar-refractivity contribution in [3.05, 3.63) is 30.0 Å². The van der Waals surface area contributed by atoms with Gasteiger partial charge in [-0.05, 0) is 37.9 Å². The Morgan fingerprint density at radius 2 is 2.24 bits per heavy atom. The number of rotatable bonds is 2. The molecule has 3 saturated heterocycles. The predicted molar refractivity (Wildman–Crippen MR) is 74.4 cm³/mol. The molecule has 3 aliphatic rings. The van der Waals surface area contributed by atoms with Crippen molar-refractivity contribution in [3.8, 4) is 0 Å². The third-order valence-corrected chi connectivity index (χ3v) is 4.62. The lowest BCUT2D eigenvalue weighted by atomic mass is 9.84. The van der Waals surface area contributed by atoms with Gasteiger partial charge in [-0.25, -0.2) is 9.37 Å². The van der Waals surface area contributed by atoms with Gasteiger partial charge in [0.1, 0.15) is 12.0 Å². The van der Waals surface area contributed by atoms with E-state index in [1.165, 1.54) is 12.3 Å². The molecule has 0 spiro atoms. The maximum absolute atomic E-state index is 13.5. The molecule has 0 radical (unpaired) electrons. The third-order valence-electron chi connectivity index (χ3n) is 4.62. The highest BCUT2D eigenvalue weighted by atomic mass is 19.1. The number of hydrogen-bond acceptors (Lipinski definition) is 4. The second-order valence-electron chi connectivity index (χ2n) is 5.87. The van der Waals surface area contributed by atoms with E-state index in [1.54, 1.807) is 0 Å². The van der Waals surface area contributed by atoms with Crippen LogP contribution in [0.3, 0.4) is 0 Å². The highest BCUT2D eigenvalue weighted by molar-refractivity contribution is 5.95. The number of carbonyl (C=O) groups is 1. The maximum Gasteiger partial charge on any atom is 0.270 e. The molecule has 0 aliphatic carbocycles. The van der Waals surface area contributed by atoms with Gasteiger partial charge in [0.25, 0.3) is 5.91 Å². The van der Waals surface area contributed by atoms with Gasteiger partial charge in [0, 0.05) is 12.6 Å². The van der Waals surface area contributed by atoms with Crippen molar-refractivity contribution in [1.29, 1.82) is 0 Å². The Bertz CT molecular complexity index is 691. The summed E-state index contributed by atoms with van der Waals surface area (Å²) in [7, 11) is 0.